The number of nitrogens with zero attached hydrogens (tertiary/aromatic N) is 2. The number of hydrogen-bond acceptors (Lipinski definition) is 2. The van der Waals surface area contributed by atoms with Crippen molar-refractivity contribution in [3.8, 4) is 6.07 Å². The molecule has 1 aliphatic heterocycles. The summed E-state index contributed by atoms with van der Waals surface area (Å²) in [6.07, 6.45) is 2.18. The van der Waals surface area contributed by atoms with Gasteiger partial charge in [0.05, 0.1) is 21.8 Å². The van der Waals surface area contributed by atoms with Crippen molar-refractivity contribution in [3.63, 3.8) is 0 Å². The number of carbonyl (C=O) groups excluding carboxylic acids is 1. The summed E-state index contributed by atoms with van der Waals surface area (Å²) in [6.45, 7) is 0.354. The van der Waals surface area contributed by atoms with Crippen LogP contribution in [0.3, 0.4) is 0 Å². The van der Waals surface area contributed by atoms with Gasteiger partial charge in [-0.2, -0.15) is 5.26 Å². The molecule has 0 aliphatic carbocycles. The highest BCUT2D eigenvalue weighted by Gasteiger charge is 2.30. The van der Waals surface area contributed by atoms with Crippen LogP contribution >= 0.6 is 23.2 Å². The largest absolute Gasteiger partial charge is 0.309 e. The van der Waals surface area contributed by atoms with Crippen LogP contribution in [-0.4, -0.2) is 12.5 Å². The Labute approximate surface area is 172 Å². The molecule has 2 aromatic rings. The lowest BCUT2D eigenvalue weighted by Gasteiger charge is -2.34. The zero-order valence-corrected chi connectivity index (χ0v) is 16.5. The molecular weight excluding hydrogens is 405 g/mol. The van der Waals surface area contributed by atoms with E-state index >= 15 is 0 Å². The van der Waals surface area contributed by atoms with E-state index in [-0.39, 0.29) is 11.8 Å². The summed E-state index contributed by atoms with van der Waals surface area (Å²) in [5.74, 6) is -1.29. The van der Waals surface area contributed by atoms with Gasteiger partial charge in [0.25, 0.3) is 0 Å². The fourth-order valence-electron chi connectivity index (χ4n) is 3.52. The maximum atomic E-state index is 14.0. The number of amides is 1. The number of aryl methyl sites for hydroxylation is 1. The third kappa shape index (κ3) is 4.63. The highest BCUT2D eigenvalue weighted by molar-refractivity contribution is 6.40. The van der Waals surface area contributed by atoms with Crippen LogP contribution in [0.25, 0.3) is 0 Å². The van der Waals surface area contributed by atoms with Crippen LogP contribution in [-0.2, 0) is 17.6 Å². The van der Waals surface area contributed by atoms with E-state index in [9.17, 15) is 13.6 Å². The molecule has 0 N–H and O–H groups in total. The fourth-order valence-corrected chi connectivity index (χ4v) is 4.25. The van der Waals surface area contributed by atoms with E-state index in [0.29, 0.717) is 59.9 Å². The highest BCUT2D eigenvalue weighted by atomic mass is 35.5. The van der Waals surface area contributed by atoms with E-state index in [1.165, 1.54) is 12.1 Å². The Balaban J connectivity index is 1.81. The van der Waals surface area contributed by atoms with Crippen LogP contribution < -0.4 is 4.90 Å². The van der Waals surface area contributed by atoms with Gasteiger partial charge < -0.3 is 4.90 Å². The molecule has 0 bridgehead atoms. The molecule has 0 spiro atoms. The molecule has 3 nitrogen and oxygen atoms in total. The Morgan fingerprint density at radius 3 is 2.54 bits per heavy atom. The lowest BCUT2D eigenvalue weighted by Crippen LogP contribution is -2.41. The summed E-state index contributed by atoms with van der Waals surface area (Å²) in [6, 6.07) is 9.05. The van der Waals surface area contributed by atoms with Crippen molar-refractivity contribution >= 4 is 34.8 Å². The zero-order valence-electron chi connectivity index (χ0n) is 15.0. The van der Waals surface area contributed by atoms with Gasteiger partial charge >= 0.3 is 0 Å². The molecular formula is C21H18Cl2F2N2O. The maximum absolute atomic E-state index is 14.0. The second kappa shape index (κ2) is 8.89. The quantitative estimate of drug-likeness (QED) is 0.618. The van der Waals surface area contributed by atoms with Gasteiger partial charge in [-0.15, -0.1) is 0 Å². The molecule has 0 saturated carbocycles. The van der Waals surface area contributed by atoms with Crippen molar-refractivity contribution in [1.29, 1.82) is 5.26 Å². The van der Waals surface area contributed by atoms with Gasteiger partial charge in [0.1, 0.15) is 11.6 Å². The molecule has 28 heavy (non-hydrogen) atoms. The molecule has 1 amide bonds. The number of nitriles is 1. The molecule has 146 valence electrons. The van der Waals surface area contributed by atoms with Crippen molar-refractivity contribution in [3.05, 3.63) is 63.1 Å². The molecule has 1 aliphatic rings. The van der Waals surface area contributed by atoms with Crippen molar-refractivity contribution in [2.24, 2.45) is 5.92 Å². The normalized spacial score (nSPS) is 16.9. The molecule has 0 radical (unpaired) electrons. The Morgan fingerprint density at radius 1 is 1.18 bits per heavy atom. The van der Waals surface area contributed by atoms with Crippen LogP contribution in [0.4, 0.5) is 14.5 Å². The number of anilines is 1. The van der Waals surface area contributed by atoms with Gasteiger partial charge in [-0.05, 0) is 54.5 Å². The van der Waals surface area contributed by atoms with Crippen LogP contribution in [0.5, 0.6) is 0 Å². The number of piperidine rings is 1. The minimum absolute atomic E-state index is 0.00283. The number of rotatable bonds is 5. The number of benzene rings is 2. The third-order valence-corrected chi connectivity index (χ3v) is 5.48. The minimum atomic E-state index is -0.614. The fraction of sp³-hybridized carbons (Fsp3) is 0.333. The summed E-state index contributed by atoms with van der Waals surface area (Å²) < 4.78 is 27.1. The second-order valence-corrected chi connectivity index (χ2v) is 7.73. The smallest absolute Gasteiger partial charge is 0.227 e. The van der Waals surface area contributed by atoms with Crippen LogP contribution in [0.1, 0.15) is 30.4 Å². The Kier molecular flexibility index (Phi) is 6.53. The summed E-state index contributed by atoms with van der Waals surface area (Å²) in [5, 5.41) is 9.43. The number of halogens is 4. The molecule has 1 fully saturated rings. The third-order valence-electron chi connectivity index (χ3n) is 4.90. The summed E-state index contributed by atoms with van der Waals surface area (Å²) >= 11 is 12.8. The number of carbonyl (C=O) groups is 1. The average Bonchev–Trinajstić information content (AvgIpc) is 2.64. The summed E-state index contributed by atoms with van der Waals surface area (Å²) in [4.78, 5) is 14.1. The Bertz CT molecular complexity index is 919. The van der Waals surface area contributed by atoms with Crippen LogP contribution in [0.2, 0.25) is 10.0 Å². The molecule has 2 aromatic carbocycles. The first-order valence-corrected chi connectivity index (χ1v) is 9.73. The van der Waals surface area contributed by atoms with Crippen molar-refractivity contribution in [2.75, 3.05) is 11.4 Å². The first kappa shape index (κ1) is 20.6. The molecule has 3 rings (SSSR count). The van der Waals surface area contributed by atoms with E-state index in [2.05, 4.69) is 6.07 Å². The lowest BCUT2D eigenvalue weighted by molar-refractivity contribution is -0.120. The molecule has 0 aromatic heterocycles. The van der Waals surface area contributed by atoms with E-state index in [4.69, 9.17) is 28.5 Å². The predicted molar refractivity (Wildman–Crippen MR) is 106 cm³/mol. The van der Waals surface area contributed by atoms with E-state index in [1.54, 1.807) is 17.0 Å². The zero-order chi connectivity index (χ0) is 20.3. The summed E-state index contributed by atoms with van der Waals surface area (Å²) in [7, 11) is 0. The maximum Gasteiger partial charge on any atom is 0.227 e. The SMILES string of the molecule is N#CCCc1cc(Cl)c(N2CC(Cc3ccc(F)cc3F)CCC2=O)c(Cl)c1. The van der Waals surface area contributed by atoms with E-state index < -0.39 is 11.6 Å². The standard InChI is InChI=1S/C21H18Cl2F2N2O/c22-17-9-13(2-1-7-26)10-18(23)21(17)27-12-14(3-6-20(27)28)8-15-4-5-16(24)11-19(15)25/h4-5,9-11,14H,1-3,6,8,12H2. The Hall–Kier alpha value is -2.16. The molecule has 1 heterocycles. The van der Waals surface area contributed by atoms with Gasteiger partial charge in [0.2, 0.25) is 5.91 Å². The Morgan fingerprint density at radius 2 is 1.89 bits per heavy atom. The predicted octanol–water partition coefficient (Wildman–Crippen LogP) is 5.71. The topological polar surface area (TPSA) is 44.1 Å². The molecule has 1 atom stereocenters. The van der Waals surface area contributed by atoms with Crippen LogP contribution in [0, 0.1) is 28.9 Å². The first-order valence-electron chi connectivity index (χ1n) is 8.98. The lowest BCUT2D eigenvalue weighted by atomic mass is 9.90. The molecule has 7 heteroatoms. The van der Waals surface area contributed by atoms with Gasteiger partial charge in [-0.1, -0.05) is 29.3 Å². The molecule has 1 saturated heterocycles. The minimum Gasteiger partial charge on any atom is -0.309 e. The van der Waals surface area contributed by atoms with Crippen molar-refractivity contribution in [2.45, 2.75) is 32.1 Å². The van der Waals surface area contributed by atoms with E-state index in [0.717, 1.165) is 11.6 Å². The van der Waals surface area contributed by atoms with Gasteiger partial charge in [0, 0.05) is 25.5 Å². The number of hydrogen-bond donors (Lipinski definition) is 0. The van der Waals surface area contributed by atoms with Gasteiger partial charge in [0.15, 0.2) is 0 Å². The highest BCUT2D eigenvalue weighted by Crippen LogP contribution is 2.38. The van der Waals surface area contributed by atoms with Gasteiger partial charge in [-0.3, -0.25) is 4.79 Å². The van der Waals surface area contributed by atoms with E-state index in [1.807, 2.05) is 0 Å². The van der Waals surface area contributed by atoms with Gasteiger partial charge in [-0.25, -0.2) is 8.78 Å². The molecule has 1 unspecified atom stereocenters. The summed E-state index contributed by atoms with van der Waals surface area (Å²) in [5.41, 5.74) is 1.69. The second-order valence-electron chi connectivity index (χ2n) is 6.92. The monoisotopic (exact) mass is 422 g/mol. The first-order chi connectivity index (χ1) is 13.4. The van der Waals surface area contributed by atoms with Crippen LogP contribution in [0.15, 0.2) is 30.3 Å². The van der Waals surface area contributed by atoms with Crippen molar-refractivity contribution < 1.29 is 13.6 Å². The average molecular weight is 423 g/mol. The van der Waals surface area contributed by atoms with Crippen molar-refractivity contribution in [1.82, 2.24) is 0 Å².